The van der Waals surface area contributed by atoms with Crippen LogP contribution in [0, 0.1) is 6.92 Å². The third-order valence-electron chi connectivity index (χ3n) is 2.29. The second-order valence-electron chi connectivity index (χ2n) is 3.27. The summed E-state index contributed by atoms with van der Waals surface area (Å²) in [6.45, 7) is 2.78. The topological polar surface area (TPSA) is 12.0 Å². The van der Waals surface area contributed by atoms with Crippen molar-refractivity contribution in [2.45, 2.75) is 19.6 Å². The number of halogens is 1. The van der Waals surface area contributed by atoms with Gasteiger partial charge in [0.05, 0.1) is 0 Å². The summed E-state index contributed by atoms with van der Waals surface area (Å²) in [6.07, 6.45) is -0.0217. The molecule has 0 amide bonds. The van der Waals surface area contributed by atoms with Crippen LogP contribution >= 0.6 is 0 Å². The fourth-order valence-electron chi connectivity index (χ4n) is 1.64. The van der Waals surface area contributed by atoms with Gasteiger partial charge in [-0.25, -0.2) is 4.39 Å². The lowest BCUT2D eigenvalue weighted by atomic mass is 9.98. The van der Waals surface area contributed by atoms with Gasteiger partial charge >= 0.3 is 0 Å². The Kier molecular flexibility index (Phi) is 1.85. The minimum atomic E-state index is -0.964. The molecule has 0 spiro atoms. The lowest BCUT2D eigenvalue weighted by Gasteiger charge is -2.21. The number of fused-ring (bicyclic) bond motifs is 1. The number of aryl methyl sites for hydroxylation is 1. The Labute approximate surface area is 71.6 Å². The minimum Gasteiger partial charge on any atom is -0.284 e. The van der Waals surface area contributed by atoms with Crippen LogP contribution in [0.3, 0.4) is 0 Å². The summed E-state index contributed by atoms with van der Waals surface area (Å²) in [7, 11) is 0. The van der Waals surface area contributed by atoms with E-state index in [1.165, 1.54) is 5.56 Å². The molecule has 0 bridgehead atoms. The zero-order valence-corrected chi connectivity index (χ0v) is 7.10. The monoisotopic (exact) mass is 165 g/mol. The van der Waals surface area contributed by atoms with E-state index in [9.17, 15) is 4.39 Å². The Bertz CT molecular complexity index is 296. The standard InChI is InChI=1S/C10H12FN/c1-7-2-3-9-8(6-7)4-5-12-10(9)11/h2-3,6,10,12H,4-5H2,1H3. The average Bonchev–Trinajstić information content (AvgIpc) is 2.04. The van der Waals surface area contributed by atoms with Crippen LogP contribution in [0.4, 0.5) is 4.39 Å². The second kappa shape index (κ2) is 2.87. The van der Waals surface area contributed by atoms with Gasteiger partial charge in [0, 0.05) is 12.1 Å². The van der Waals surface area contributed by atoms with Gasteiger partial charge in [0.15, 0.2) is 6.30 Å². The summed E-state index contributed by atoms with van der Waals surface area (Å²) >= 11 is 0. The van der Waals surface area contributed by atoms with Crippen molar-refractivity contribution < 1.29 is 4.39 Å². The molecule has 1 nitrogen and oxygen atoms in total. The van der Waals surface area contributed by atoms with Crippen LogP contribution in [-0.4, -0.2) is 6.54 Å². The summed E-state index contributed by atoms with van der Waals surface area (Å²) in [5, 5.41) is 2.79. The summed E-state index contributed by atoms with van der Waals surface area (Å²) in [4.78, 5) is 0. The lowest BCUT2D eigenvalue weighted by molar-refractivity contribution is 0.269. The number of alkyl halides is 1. The van der Waals surface area contributed by atoms with Crippen molar-refractivity contribution in [3.05, 3.63) is 34.9 Å². The van der Waals surface area contributed by atoms with Crippen LogP contribution < -0.4 is 5.32 Å². The van der Waals surface area contributed by atoms with Crippen LogP contribution in [0.15, 0.2) is 18.2 Å². The van der Waals surface area contributed by atoms with E-state index >= 15 is 0 Å². The van der Waals surface area contributed by atoms with Crippen molar-refractivity contribution in [1.82, 2.24) is 5.32 Å². The molecule has 1 heterocycles. The summed E-state index contributed by atoms with van der Waals surface area (Å²) in [6, 6.07) is 5.91. The second-order valence-corrected chi connectivity index (χ2v) is 3.27. The third kappa shape index (κ3) is 1.23. The van der Waals surface area contributed by atoms with E-state index in [-0.39, 0.29) is 0 Å². The van der Waals surface area contributed by atoms with Gasteiger partial charge in [-0.05, 0) is 18.9 Å². The molecule has 64 valence electrons. The maximum Gasteiger partial charge on any atom is 0.177 e. The number of benzene rings is 1. The van der Waals surface area contributed by atoms with Crippen molar-refractivity contribution in [3.63, 3.8) is 0 Å². The van der Waals surface area contributed by atoms with Crippen LogP contribution in [-0.2, 0) is 6.42 Å². The molecular weight excluding hydrogens is 153 g/mol. The van der Waals surface area contributed by atoms with Gasteiger partial charge in [-0.15, -0.1) is 0 Å². The number of nitrogens with one attached hydrogen (secondary N) is 1. The quantitative estimate of drug-likeness (QED) is 0.580. The first-order valence-corrected chi connectivity index (χ1v) is 4.24. The first-order chi connectivity index (χ1) is 5.77. The average molecular weight is 165 g/mol. The van der Waals surface area contributed by atoms with E-state index in [0.717, 1.165) is 24.1 Å². The predicted octanol–water partition coefficient (Wildman–Crippen LogP) is 2.11. The summed E-state index contributed by atoms with van der Waals surface area (Å²) in [5.74, 6) is 0. The highest BCUT2D eigenvalue weighted by atomic mass is 19.1. The molecule has 0 radical (unpaired) electrons. The fourth-order valence-corrected chi connectivity index (χ4v) is 1.64. The van der Waals surface area contributed by atoms with Crippen LogP contribution in [0.2, 0.25) is 0 Å². The van der Waals surface area contributed by atoms with Gasteiger partial charge in [-0.2, -0.15) is 0 Å². The van der Waals surface area contributed by atoms with E-state index < -0.39 is 6.30 Å². The van der Waals surface area contributed by atoms with Crippen LogP contribution in [0.25, 0.3) is 0 Å². The van der Waals surface area contributed by atoms with Crippen LogP contribution in [0.5, 0.6) is 0 Å². The van der Waals surface area contributed by atoms with Crippen molar-refractivity contribution in [3.8, 4) is 0 Å². The molecule has 1 aromatic carbocycles. The number of hydrogen-bond acceptors (Lipinski definition) is 1. The molecule has 1 N–H and O–H groups in total. The van der Waals surface area contributed by atoms with Gasteiger partial charge in [0.2, 0.25) is 0 Å². The zero-order valence-electron chi connectivity index (χ0n) is 7.10. The molecule has 0 saturated carbocycles. The molecule has 0 saturated heterocycles. The Hall–Kier alpha value is -0.890. The van der Waals surface area contributed by atoms with Crippen LogP contribution in [0.1, 0.15) is 23.0 Å². The molecule has 12 heavy (non-hydrogen) atoms. The van der Waals surface area contributed by atoms with Gasteiger partial charge in [0.1, 0.15) is 0 Å². The highest BCUT2D eigenvalue weighted by Crippen LogP contribution is 2.24. The minimum absolute atomic E-state index is 0.748. The van der Waals surface area contributed by atoms with Crippen molar-refractivity contribution in [2.75, 3.05) is 6.54 Å². The van der Waals surface area contributed by atoms with Gasteiger partial charge in [-0.1, -0.05) is 23.8 Å². The molecule has 1 aliphatic rings. The number of hydrogen-bond donors (Lipinski definition) is 1. The number of rotatable bonds is 0. The van der Waals surface area contributed by atoms with E-state index in [1.54, 1.807) is 0 Å². The molecule has 1 atom stereocenters. The molecule has 1 unspecified atom stereocenters. The van der Waals surface area contributed by atoms with E-state index in [4.69, 9.17) is 0 Å². The Morgan fingerprint density at radius 1 is 1.50 bits per heavy atom. The van der Waals surface area contributed by atoms with Gasteiger partial charge in [0.25, 0.3) is 0 Å². The lowest BCUT2D eigenvalue weighted by Crippen LogP contribution is -2.26. The molecule has 0 aromatic heterocycles. The molecular formula is C10H12FN. The first kappa shape index (κ1) is 7.74. The SMILES string of the molecule is Cc1ccc2c(c1)CCNC2F. The van der Waals surface area contributed by atoms with Gasteiger partial charge < -0.3 is 0 Å². The molecule has 0 aliphatic carbocycles. The molecule has 1 aliphatic heterocycles. The highest BCUT2D eigenvalue weighted by Gasteiger charge is 2.17. The van der Waals surface area contributed by atoms with Gasteiger partial charge in [-0.3, -0.25) is 5.32 Å². The Balaban J connectivity index is 2.46. The molecule has 0 fully saturated rings. The zero-order chi connectivity index (χ0) is 8.55. The van der Waals surface area contributed by atoms with E-state index in [1.807, 2.05) is 19.1 Å². The maximum atomic E-state index is 13.2. The fraction of sp³-hybridized carbons (Fsp3) is 0.400. The normalized spacial score (nSPS) is 22.0. The summed E-state index contributed by atoms with van der Waals surface area (Å²) in [5.41, 5.74) is 3.18. The van der Waals surface area contributed by atoms with Crippen molar-refractivity contribution in [2.24, 2.45) is 0 Å². The predicted molar refractivity (Wildman–Crippen MR) is 46.7 cm³/mol. The van der Waals surface area contributed by atoms with E-state index in [0.29, 0.717) is 0 Å². The van der Waals surface area contributed by atoms with E-state index in [2.05, 4.69) is 11.4 Å². The Morgan fingerprint density at radius 2 is 2.33 bits per heavy atom. The first-order valence-electron chi connectivity index (χ1n) is 4.24. The largest absolute Gasteiger partial charge is 0.284 e. The highest BCUT2D eigenvalue weighted by molar-refractivity contribution is 5.34. The van der Waals surface area contributed by atoms with Crippen molar-refractivity contribution >= 4 is 0 Å². The van der Waals surface area contributed by atoms with Crippen molar-refractivity contribution in [1.29, 1.82) is 0 Å². The molecule has 2 heteroatoms. The third-order valence-corrected chi connectivity index (χ3v) is 2.29. The molecule has 2 rings (SSSR count). The Morgan fingerprint density at radius 3 is 3.17 bits per heavy atom. The summed E-state index contributed by atoms with van der Waals surface area (Å²) < 4.78 is 13.2. The smallest absolute Gasteiger partial charge is 0.177 e. The maximum absolute atomic E-state index is 13.2. The molecule has 1 aromatic rings.